The topological polar surface area (TPSA) is 64.6 Å². The van der Waals surface area contributed by atoms with Crippen molar-refractivity contribution in [3.05, 3.63) is 45.7 Å². The Hall–Kier alpha value is -1.86. The summed E-state index contributed by atoms with van der Waals surface area (Å²) in [4.78, 5) is 22.5. The van der Waals surface area contributed by atoms with E-state index in [1.165, 1.54) is 19.5 Å². The Labute approximate surface area is 152 Å². The van der Waals surface area contributed by atoms with Crippen molar-refractivity contribution in [1.82, 2.24) is 14.9 Å². The number of hydrogen-bond acceptors (Lipinski definition) is 5. The summed E-state index contributed by atoms with van der Waals surface area (Å²) in [6, 6.07) is 5.23. The predicted octanol–water partition coefficient (Wildman–Crippen LogP) is 3.19. The number of amides is 1. The molecule has 0 spiro atoms. The van der Waals surface area contributed by atoms with E-state index in [-0.39, 0.29) is 12.0 Å². The third kappa shape index (κ3) is 3.79. The molecule has 1 unspecified atom stereocenters. The van der Waals surface area contributed by atoms with E-state index < -0.39 is 0 Å². The van der Waals surface area contributed by atoms with Gasteiger partial charge >= 0.3 is 0 Å². The van der Waals surface area contributed by atoms with Gasteiger partial charge in [-0.3, -0.25) is 9.78 Å². The highest BCUT2D eigenvalue weighted by Gasteiger charge is 2.29. The van der Waals surface area contributed by atoms with Crippen molar-refractivity contribution in [2.75, 3.05) is 20.2 Å². The largest absolute Gasteiger partial charge is 0.480 e. The van der Waals surface area contributed by atoms with Crippen LogP contribution < -0.4 is 9.47 Å². The molecule has 0 N–H and O–H groups in total. The van der Waals surface area contributed by atoms with Gasteiger partial charge in [0.2, 0.25) is 11.8 Å². The first-order chi connectivity index (χ1) is 11.6. The van der Waals surface area contributed by atoms with E-state index in [4.69, 9.17) is 21.1 Å². The van der Waals surface area contributed by atoms with Crippen molar-refractivity contribution in [2.45, 2.75) is 12.5 Å². The number of carbonyl (C=O) groups excluding carboxylic acids is 1. The summed E-state index contributed by atoms with van der Waals surface area (Å²) in [5.74, 6) is 0.664. The lowest BCUT2D eigenvalue weighted by Gasteiger charge is -2.18. The fraction of sp³-hybridized carbons (Fsp3) is 0.312. The van der Waals surface area contributed by atoms with Crippen LogP contribution in [-0.4, -0.2) is 47.1 Å². The molecule has 1 aromatic heterocycles. The van der Waals surface area contributed by atoms with E-state index in [9.17, 15) is 4.79 Å². The number of likely N-dealkylation sites (tertiary alicyclic amines) is 1. The molecule has 3 rings (SSSR count). The molecule has 1 aromatic carbocycles. The van der Waals surface area contributed by atoms with Crippen LogP contribution in [0, 0.1) is 0 Å². The summed E-state index contributed by atoms with van der Waals surface area (Å²) >= 11 is 9.50. The van der Waals surface area contributed by atoms with Gasteiger partial charge in [-0.25, -0.2) is 0 Å². The molecule has 1 aliphatic heterocycles. The van der Waals surface area contributed by atoms with Crippen LogP contribution in [-0.2, 0) is 0 Å². The molecule has 1 saturated heterocycles. The van der Waals surface area contributed by atoms with Gasteiger partial charge in [0, 0.05) is 17.4 Å². The van der Waals surface area contributed by atoms with Gasteiger partial charge in [-0.2, -0.15) is 4.98 Å². The summed E-state index contributed by atoms with van der Waals surface area (Å²) < 4.78 is 11.6. The fourth-order valence-corrected chi connectivity index (χ4v) is 3.06. The second-order valence-electron chi connectivity index (χ2n) is 5.30. The quantitative estimate of drug-likeness (QED) is 0.771. The van der Waals surface area contributed by atoms with Crippen LogP contribution in [0.4, 0.5) is 0 Å². The van der Waals surface area contributed by atoms with Crippen molar-refractivity contribution in [2.24, 2.45) is 0 Å². The minimum atomic E-state index is -0.138. The first-order valence-corrected chi connectivity index (χ1v) is 8.51. The number of benzene rings is 1. The van der Waals surface area contributed by atoms with E-state index in [1.807, 2.05) is 0 Å². The first kappa shape index (κ1) is 17.0. The minimum Gasteiger partial charge on any atom is -0.480 e. The van der Waals surface area contributed by atoms with Gasteiger partial charge in [0.15, 0.2) is 0 Å². The molecule has 126 valence electrons. The van der Waals surface area contributed by atoms with E-state index in [0.29, 0.717) is 35.4 Å². The fourth-order valence-electron chi connectivity index (χ4n) is 2.50. The molecular weight excluding hydrogens is 398 g/mol. The zero-order valence-electron chi connectivity index (χ0n) is 12.9. The second kappa shape index (κ2) is 7.36. The molecule has 2 heterocycles. The Morgan fingerprint density at radius 3 is 2.96 bits per heavy atom. The molecule has 1 atom stereocenters. The third-order valence-electron chi connectivity index (χ3n) is 3.68. The van der Waals surface area contributed by atoms with Crippen LogP contribution in [0.3, 0.4) is 0 Å². The maximum Gasteiger partial charge on any atom is 0.255 e. The monoisotopic (exact) mass is 411 g/mol. The maximum absolute atomic E-state index is 12.6. The number of halogens is 2. The molecule has 2 aromatic rings. The number of rotatable bonds is 4. The Morgan fingerprint density at radius 2 is 2.17 bits per heavy atom. The average molecular weight is 413 g/mol. The average Bonchev–Trinajstić information content (AvgIpc) is 3.05. The first-order valence-electron chi connectivity index (χ1n) is 7.34. The van der Waals surface area contributed by atoms with Crippen molar-refractivity contribution in [3.63, 3.8) is 0 Å². The van der Waals surface area contributed by atoms with Crippen LogP contribution in [0.1, 0.15) is 16.8 Å². The lowest BCUT2D eigenvalue weighted by atomic mass is 10.2. The van der Waals surface area contributed by atoms with Crippen molar-refractivity contribution < 1.29 is 14.3 Å². The lowest BCUT2D eigenvalue weighted by molar-refractivity contribution is 0.0771. The summed E-state index contributed by atoms with van der Waals surface area (Å²) in [5.41, 5.74) is 0.480. The highest BCUT2D eigenvalue weighted by atomic mass is 79.9. The van der Waals surface area contributed by atoms with Crippen molar-refractivity contribution >= 4 is 33.4 Å². The van der Waals surface area contributed by atoms with Crippen LogP contribution in [0.25, 0.3) is 0 Å². The summed E-state index contributed by atoms with van der Waals surface area (Å²) in [5, 5.41) is 0.436. The SMILES string of the molecule is COc1cncc(OC2CCN(C(=O)c3cc(Br)ccc3Cl)C2)n1. The molecular formula is C16H15BrClN3O3. The van der Waals surface area contributed by atoms with Crippen LogP contribution in [0.2, 0.25) is 5.02 Å². The van der Waals surface area contributed by atoms with Gasteiger partial charge in [0.1, 0.15) is 6.10 Å². The van der Waals surface area contributed by atoms with Crippen molar-refractivity contribution in [3.8, 4) is 11.8 Å². The standard InChI is InChI=1S/C16H15BrClN3O3/c1-23-14-7-19-8-15(20-14)24-11-4-5-21(9-11)16(22)12-6-10(17)2-3-13(12)18/h2-3,6-8,11H,4-5,9H2,1H3. The van der Waals surface area contributed by atoms with E-state index in [1.54, 1.807) is 23.1 Å². The molecule has 1 aliphatic rings. The second-order valence-corrected chi connectivity index (χ2v) is 6.63. The Morgan fingerprint density at radius 1 is 1.38 bits per heavy atom. The minimum absolute atomic E-state index is 0.107. The van der Waals surface area contributed by atoms with Gasteiger partial charge in [-0.05, 0) is 18.2 Å². The number of aromatic nitrogens is 2. The lowest BCUT2D eigenvalue weighted by Crippen LogP contribution is -2.31. The number of carbonyl (C=O) groups is 1. The number of hydrogen-bond donors (Lipinski definition) is 0. The molecule has 1 amide bonds. The van der Waals surface area contributed by atoms with Gasteiger partial charge in [0.05, 0.1) is 36.6 Å². The molecule has 0 saturated carbocycles. The normalized spacial score (nSPS) is 17.0. The highest BCUT2D eigenvalue weighted by molar-refractivity contribution is 9.10. The predicted molar refractivity (Wildman–Crippen MR) is 92.7 cm³/mol. The highest BCUT2D eigenvalue weighted by Crippen LogP contribution is 2.25. The molecule has 0 aliphatic carbocycles. The summed E-state index contributed by atoms with van der Waals surface area (Å²) in [6.07, 6.45) is 3.61. The molecule has 0 radical (unpaired) electrons. The Balaban J connectivity index is 1.66. The molecule has 0 bridgehead atoms. The van der Waals surface area contributed by atoms with Gasteiger partial charge in [-0.1, -0.05) is 27.5 Å². The molecule has 1 fully saturated rings. The van der Waals surface area contributed by atoms with E-state index in [0.717, 1.165) is 10.9 Å². The number of nitrogens with zero attached hydrogens (tertiary/aromatic N) is 3. The Bertz CT molecular complexity index is 759. The van der Waals surface area contributed by atoms with Crippen LogP contribution in [0.15, 0.2) is 35.1 Å². The summed E-state index contributed by atoms with van der Waals surface area (Å²) in [7, 11) is 1.52. The van der Waals surface area contributed by atoms with Crippen LogP contribution >= 0.6 is 27.5 Å². The Kier molecular flexibility index (Phi) is 5.20. The van der Waals surface area contributed by atoms with Crippen molar-refractivity contribution in [1.29, 1.82) is 0 Å². The van der Waals surface area contributed by atoms with Gasteiger partial charge < -0.3 is 14.4 Å². The number of ether oxygens (including phenoxy) is 2. The zero-order chi connectivity index (χ0) is 17.1. The molecule has 8 heteroatoms. The zero-order valence-corrected chi connectivity index (χ0v) is 15.2. The smallest absolute Gasteiger partial charge is 0.255 e. The molecule has 6 nitrogen and oxygen atoms in total. The van der Waals surface area contributed by atoms with E-state index >= 15 is 0 Å². The third-order valence-corrected chi connectivity index (χ3v) is 4.50. The van der Waals surface area contributed by atoms with E-state index in [2.05, 4.69) is 25.9 Å². The molecule has 24 heavy (non-hydrogen) atoms. The summed E-state index contributed by atoms with van der Waals surface area (Å²) in [6.45, 7) is 1.07. The maximum atomic E-state index is 12.6. The van der Waals surface area contributed by atoms with Gasteiger partial charge in [-0.15, -0.1) is 0 Å². The van der Waals surface area contributed by atoms with Crippen LogP contribution in [0.5, 0.6) is 11.8 Å². The van der Waals surface area contributed by atoms with Gasteiger partial charge in [0.25, 0.3) is 5.91 Å². The number of methoxy groups -OCH3 is 1.